The molecule has 0 fully saturated rings. The number of rotatable bonds is 5. The number of benzene rings is 1. The molecule has 0 unspecified atom stereocenters. The normalized spacial score (nSPS) is 9.88. The fraction of sp³-hybridized carbons (Fsp3) is 0.467. The third kappa shape index (κ3) is 5.99. The van der Waals surface area contributed by atoms with Gasteiger partial charge < -0.3 is 10.5 Å². The van der Waals surface area contributed by atoms with Gasteiger partial charge in [0.2, 0.25) is 0 Å². The van der Waals surface area contributed by atoms with Gasteiger partial charge in [0.1, 0.15) is 5.75 Å². The minimum absolute atomic E-state index is 0.211. The Morgan fingerprint density at radius 1 is 1.18 bits per heavy atom. The first kappa shape index (κ1) is 13.6. The van der Waals surface area contributed by atoms with Crippen molar-refractivity contribution in [2.24, 2.45) is 5.73 Å². The van der Waals surface area contributed by atoms with Crippen LogP contribution in [-0.2, 0) is 0 Å². The molecule has 0 aliphatic carbocycles. The van der Waals surface area contributed by atoms with Crippen LogP contribution in [0.15, 0.2) is 24.3 Å². The van der Waals surface area contributed by atoms with E-state index < -0.39 is 0 Å². The molecule has 0 radical (unpaired) electrons. The number of nitrogens with two attached hydrogens (primary N) is 1. The minimum Gasteiger partial charge on any atom is -0.491 e. The van der Waals surface area contributed by atoms with E-state index in [1.165, 1.54) is 0 Å². The van der Waals surface area contributed by atoms with Crippen molar-refractivity contribution < 1.29 is 4.74 Å². The fourth-order valence-corrected chi connectivity index (χ4v) is 1.41. The first-order chi connectivity index (χ1) is 8.22. The maximum atomic E-state index is 5.56. The standard InChI is InChI=1S/C15H21NO/c1-13(2)17-15-10-8-14(9-11-15)7-5-3-4-6-12-16/h8-11,13H,3-4,6,12,16H2,1-2H3. The summed E-state index contributed by atoms with van der Waals surface area (Å²) in [4.78, 5) is 0. The van der Waals surface area contributed by atoms with Crippen LogP contribution in [0.1, 0.15) is 38.7 Å². The van der Waals surface area contributed by atoms with Gasteiger partial charge in [0, 0.05) is 12.0 Å². The molecule has 0 bridgehead atoms. The quantitative estimate of drug-likeness (QED) is 0.624. The summed E-state index contributed by atoms with van der Waals surface area (Å²) in [5.74, 6) is 7.18. The molecule has 0 saturated carbocycles. The molecular weight excluding hydrogens is 210 g/mol. The van der Waals surface area contributed by atoms with Crippen molar-refractivity contribution in [3.63, 3.8) is 0 Å². The molecule has 0 aliphatic heterocycles. The van der Waals surface area contributed by atoms with Crippen LogP contribution in [0.5, 0.6) is 5.75 Å². The molecular formula is C15H21NO. The average molecular weight is 231 g/mol. The van der Waals surface area contributed by atoms with Crippen molar-refractivity contribution in [2.45, 2.75) is 39.2 Å². The molecule has 17 heavy (non-hydrogen) atoms. The third-order valence-corrected chi connectivity index (χ3v) is 2.21. The van der Waals surface area contributed by atoms with E-state index in [4.69, 9.17) is 10.5 Å². The number of hydrogen-bond acceptors (Lipinski definition) is 2. The Balaban J connectivity index is 2.44. The summed E-state index contributed by atoms with van der Waals surface area (Å²) in [7, 11) is 0. The van der Waals surface area contributed by atoms with Gasteiger partial charge >= 0.3 is 0 Å². The van der Waals surface area contributed by atoms with Crippen molar-refractivity contribution in [3.8, 4) is 17.6 Å². The maximum absolute atomic E-state index is 5.56. The maximum Gasteiger partial charge on any atom is 0.119 e. The smallest absolute Gasteiger partial charge is 0.119 e. The Hall–Kier alpha value is -1.46. The molecule has 2 nitrogen and oxygen atoms in total. The summed E-state index contributed by atoms with van der Waals surface area (Å²) >= 11 is 0. The van der Waals surface area contributed by atoms with Crippen LogP contribution in [0.25, 0.3) is 0 Å². The van der Waals surface area contributed by atoms with Gasteiger partial charge in [-0.3, -0.25) is 0 Å². The zero-order valence-corrected chi connectivity index (χ0v) is 10.7. The number of hydrogen-bond donors (Lipinski definition) is 1. The first-order valence-corrected chi connectivity index (χ1v) is 6.18. The van der Waals surface area contributed by atoms with E-state index >= 15 is 0 Å². The van der Waals surface area contributed by atoms with Gasteiger partial charge in [-0.2, -0.15) is 0 Å². The molecule has 1 rings (SSSR count). The van der Waals surface area contributed by atoms with Crippen molar-refractivity contribution in [1.29, 1.82) is 0 Å². The van der Waals surface area contributed by atoms with E-state index in [0.29, 0.717) is 0 Å². The van der Waals surface area contributed by atoms with Crippen molar-refractivity contribution in [1.82, 2.24) is 0 Å². The van der Waals surface area contributed by atoms with Crippen LogP contribution in [0, 0.1) is 11.8 Å². The van der Waals surface area contributed by atoms with E-state index in [9.17, 15) is 0 Å². The van der Waals surface area contributed by atoms with Gasteiger partial charge in [-0.05, 0) is 57.5 Å². The highest BCUT2D eigenvalue weighted by molar-refractivity contribution is 5.38. The van der Waals surface area contributed by atoms with E-state index in [-0.39, 0.29) is 6.10 Å². The SMILES string of the molecule is CC(C)Oc1ccc(C#CCCCCN)cc1. The van der Waals surface area contributed by atoms with E-state index in [1.807, 2.05) is 38.1 Å². The Morgan fingerprint density at radius 3 is 2.47 bits per heavy atom. The van der Waals surface area contributed by atoms with Crippen molar-refractivity contribution >= 4 is 0 Å². The molecule has 0 amide bonds. The molecule has 0 heterocycles. The molecule has 0 aliphatic rings. The van der Waals surface area contributed by atoms with Gasteiger partial charge in [-0.15, -0.1) is 0 Å². The Morgan fingerprint density at radius 2 is 1.88 bits per heavy atom. The van der Waals surface area contributed by atoms with Gasteiger partial charge in [0.05, 0.1) is 6.10 Å². The number of unbranched alkanes of at least 4 members (excludes halogenated alkanes) is 2. The minimum atomic E-state index is 0.211. The highest BCUT2D eigenvalue weighted by Gasteiger charge is 1.96. The molecule has 0 aromatic heterocycles. The predicted molar refractivity (Wildman–Crippen MR) is 72.0 cm³/mol. The van der Waals surface area contributed by atoms with Crippen LogP contribution in [0.3, 0.4) is 0 Å². The van der Waals surface area contributed by atoms with Gasteiger partial charge in [-0.1, -0.05) is 11.8 Å². The van der Waals surface area contributed by atoms with Crippen LogP contribution < -0.4 is 10.5 Å². The Bertz CT molecular complexity index is 370. The van der Waals surface area contributed by atoms with Crippen LogP contribution in [0.4, 0.5) is 0 Å². The van der Waals surface area contributed by atoms with Crippen molar-refractivity contribution in [3.05, 3.63) is 29.8 Å². The predicted octanol–water partition coefficient (Wildman–Crippen LogP) is 2.95. The topological polar surface area (TPSA) is 35.2 Å². The average Bonchev–Trinajstić information content (AvgIpc) is 2.30. The summed E-state index contributed by atoms with van der Waals surface area (Å²) in [6.45, 7) is 4.79. The fourth-order valence-electron chi connectivity index (χ4n) is 1.41. The molecule has 0 atom stereocenters. The molecule has 1 aromatic carbocycles. The molecule has 2 heteroatoms. The zero-order valence-electron chi connectivity index (χ0n) is 10.7. The molecule has 92 valence electrons. The zero-order chi connectivity index (χ0) is 12.5. The van der Waals surface area contributed by atoms with E-state index in [0.717, 1.165) is 37.1 Å². The summed E-state index contributed by atoms with van der Waals surface area (Å²) in [6.07, 6.45) is 3.26. The van der Waals surface area contributed by atoms with Gasteiger partial charge in [0.25, 0.3) is 0 Å². The Labute approximate surface area is 104 Å². The van der Waals surface area contributed by atoms with Gasteiger partial charge in [0.15, 0.2) is 0 Å². The summed E-state index contributed by atoms with van der Waals surface area (Å²) < 4.78 is 5.56. The third-order valence-electron chi connectivity index (χ3n) is 2.21. The Kier molecular flexibility index (Phi) is 6.21. The van der Waals surface area contributed by atoms with Crippen molar-refractivity contribution in [2.75, 3.05) is 6.54 Å². The highest BCUT2D eigenvalue weighted by Crippen LogP contribution is 2.13. The van der Waals surface area contributed by atoms with Crippen LogP contribution in [-0.4, -0.2) is 12.6 Å². The second kappa shape index (κ2) is 7.76. The van der Waals surface area contributed by atoms with Crippen LogP contribution >= 0.6 is 0 Å². The monoisotopic (exact) mass is 231 g/mol. The van der Waals surface area contributed by atoms with E-state index in [1.54, 1.807) is 0 Å². The lowest BCUT2D eigenvalue weighted by atomic mass is 10.2. The van der Waals surface area contributed by atoms with E-state index in [2.05, 4.69) is 11.8 Å². The highest BCUT2D eigenvalue weighted by atomic mass is 16.5. The summed E-state index contributed by atoms with van der Waals surface area (Å²) in [5.41, 5.74) is 6.45. The molecule has 0 spiro atoms. The molecule has 1 aromatic rings. The second-order valence-electron chi connectivity index (χ2n) is 4.24. The second-order valence-corrected chi connectivity index (χ2v) is 4.24. The lowest BCUT2D eigenvalue weighted by Gasteiger charge is -2.08. The van der Waals surface area contributed by atoms with Crippen LogP contribution in [0.2, 0.25) is 0 Å². The largest absolute Gasteiger partial charge is 0.491 e. The summed E-state index contributed by atoms with van der Waals surface area (Å²) in [5, 5.41) is 0. The molecule has 2 N–H and O–H groups in total. The number of ether oxygens (including phenoxy) is 1. The summed E-state index contributed by atoms with van der Waals surface area (Å²) in [6, 6.07) is 7.91. The lowest BCUT2D eigenvalue weighted by Crippen LogP contribution is -2.05. The first-order valence-electron chi connectivity index (χ1n) is 6.18. The molecule has 0 saturated heterocycles. The van der Waals surface area contributed by atoms with Gasteiger partial charge in [-0.25, -0.2) is 0 Å². The lowest BCUT2D eigenvalue weighted by molar-refractivity contribution is 0.242.